The maximum atomic E-state index is 5.17. The molecule has 0 atom stereocenters. The molecule has 0 unspecified atom stereocenters. The van der Waals surface area contributed by atoms with Crippen LogP contribution in [-0.4, -0.2) is 16.3 Å². The molecular formula is C7H7IN4S. The molecule has 0 saturated heterocycles. The molecule has 0 aliphatic rings. The third kappa shape index (κ3) is 4.13. The normalized spacial score (nSPS) is 10.2. The van der Waals surface area contributed by atoms with Gasteiger partial charge in [-0.1, -0.05) is 0 Å². The predicted octanol–water partition coefficient (Wildman–Crippen LogP) is 0.853. The van der Waals surface area contributed by atoms with E-state index in [0.29, 0.717) is 0 Å². The molecule has 0 aliphatic carbocycles. The van der Waals surface area contributed by atoms with Crippen molar-refractivity contribution in [1.82, 2.24) is 10.4 Å². The van der Waals surface area contributed by atoms with E-state index >= 15 is 0 Å². The minimum absolute atomic E-state index is 0.141. The minimum Gasteiger partial charge on any atom is -0.375 e. The summed E-state index contributed by atoms with van der Waals surface area (Å²) in [6, 6.07) is 3.79. The second-order valence-electron chi connectivity index (χ2n) is 2.14. The number of pyridine rings is 1. The lowest BCUT2D eigenvalue weighted by atomic mass is 10.4. The number of hydrogen-bond donors (Lipinski definition) is 2. The lowest BCUT2D eigenvalue weighted by molar-refractivity contribution is 1.04. The largest absolute Gasteiger partial charge is 0.375 e. The second kappa shape index (κ2) is 5.07. The molecule has 0 fully saturated rings. The van der Waals surface area contributed by atoms with Crippen LogP contribution in [0.2, 0.25) is 0 Å². The van der Waals surface area contributed by atoms with Crippen LogP contribution in [0.4, 0.5) is 0 Å². The van der Waals surface area contributed by atoms with E-state index in [4.69, 9.17) is 5.73 Å². The fourth-order valence-electron chi connectivity index (χ4n) is 0.626. The van der Waals surface area contributed by atoms with Gasteiger partial charge in [-0.25, -0.2) is 0 Å². The second-order valence-corrected chi connectivity index (χ2v) is 3.82. The van der Waals surface area contributed by atoms with Crippen LogP contribution >= 0.6 is 34.8 Å². The predicted molar refractivity (Wildman–Crippen MR) is 64.5 cm³/mol. The molecule has 68 valence electrons. The first-order valence-electron chi connectivity index (χ1n) is 3.38. The first-order chi connectivity index (χ1) is 6.18. The first kappa shape index (κ1) is 10.3. The highest BCUT2D eigenvalue weighted by molar-refractivity contribution is 14.1. The number of nitrogens with two attached hydrogens (primary N) is 1. The maximum Gasteiger partial charge on any atom is 0.184 e. The number of halogens is 1. The van der Waals surface area contributed by atoms with Gasteiger partial charge in [-0.3, -0.25) is 10.4 Å². The van der Waals surface area contributed by atoms with Crippen molar-refractivity contribution in [2.24, 2.45) is 10.8 Å². The lowest BCUT2D eigenvalue weighted by Gasteiger charge is -1.94. The SMILES string of the molecule is NC(=S)N/N=C\c1ccc(I)cn1. The summed E-state index contributed by atoms with van der Waals surface area (Å²) in [5, 5.41) is 3.91. The lowest BCUT2D eigenvalue weighted by Crippen LogP contribution is -2.24. The fraction of sp³-hybridized carbons (Fsp3) is 0. The number of hydrazone groups is 1. The quantitative estimate of drug-likeness (QED) is 0.368. The van der Waals surface area contributed by atoms with Gasteiger partial charge in [0.25, 0.3) is 0 Å². The molecule has 4 nitrogen and oxygen atoms in total. The summed E-state index contributed by atoms with van der Waals surface area (Å²) in [5.41, 5.74) is 8.36. The molecule has 0 aromatic carbocycles. The average Bonchev–Trinajstić information content (AvgIpc) is 2.08. The fourth-order valence-corrected chi connectivity index (χ4v) is 0.997. The van der Waals surface area contributed by atoms with Crippen LogP contribution in [0.5, 0.6) is 0 Å². The molecule has 1 heterocycles. The molecule has 0 spiro atoms. The van der Waals surface area contributed by atoms with E-state index in [1.165, 1.54) is 0 Å². The molecule has 1 aromatic rings. The molecule has 6 heteroatoms. The topological polar surface area (TPSA) is 63.3 Å². The van der Waals surface area contributed by atoms with Crippen molar-refractivity contribution in [2.75, 3.05) is 0 Å². The molecule has 0 bridgehead atoms. The maximum absolute atomic E-state index is 5.17. The first-order valence-corrected chi connectivity index (χ1v) is 4.87. The summed E-state index contributed by atoms with van der Waals surface area (Å²) in [5.74, 6) is 0. The van der Waals surface area contributed by atoms with Gasteiger partial charge in [0.2, 0.25) is 0 Å². The Kier molecular flexibility index (Phi) is 4.03. The van der Waals surface area contributed by atoms with E-state index in [1.807, 2.05) is 12.1 Å². The van der Waals surface area contributed by atoms with E-state index < -0.39 is 0 Å². The van der Waals surface area contributed by atoms with Gasteiger partial charge in [0.15, 0.2) is 5.11 Å². The number of nitrogens with zero attached hydrogens (tertiary/aromatic N) is 2. The highest BCUT2D eigenvalue weighted by atomic mass is 127. The Morgan fingerprint density at radius 3 is 3.00 bits per heavy atom. The third-order valence-corrected chi connectivity index (χ3v) is 1.85. The van der Waals surface area contributed by atoms with Gasteiger partial charge in [0.1, 0.15) is 0 Å². The Morgan fingerprint density at radius 2 is 2.46 bits per heavy atom. The Morgan fingerprint density at radius 1 is 1.69 bits per heavy atom. The van der Waals surface area contributed by atoms with E-state index in [2.05, 4.69) is 50.3 Å². The average molecular weight is 306 g/mol. The highest BCUT2D eigenvalue weighted by Gasteiger charge is 1.88. The molecule has 3 N–H and O–H groups in total. The summed E-state index contributed by atoms with van der Waals surface area (Å²) in [7, 11) is 0. The van der Waals surface area contributed by atoms with Gasteiger partial charge in [-0.15, -0.1) is 0 Å². The van der Waals surface area contributed by atoms with Gasteiger partial charge in [0.05, 0.1) is 11.9 Å². The van der Waals surface area contributed by atoms with E-state index in [-0.39, 0.29) is 5.11 Å². The number of hydrogen-bond acceptors (Lipinski definition) is 3. The van der Waals surface area contributed by atoms with E-state index in [0.717, 1.165) is 9.26 Å². The number of rotatable bonds is 2. The molecule has 1 aromatic heterocycles. The Balaban J connectivity index is 2.59. The zero-order valence-electron chi connectivity index (χ0n) is 6.57. The molecule has 0 amide bonds. The van der Waals surface area contributed by atoms with Crippen molar-refractivity contribution < 1.29 is 0 Å². The molecule has 13 heavy (non-hydrogen) atoms. The summed E-state index contributed by atoms with van der Waals surface area (Å²) >= 11 is 6.74. The monoisotopic (exact) mass is 306 g/mol. The zero-order chi connectivity index (χ0) is 9.68. The summed E-state index contributed by atoms with van der Waals surface area (Å²) in [6.45, 7) is 0. The van der Waals surface area contributed by atoms with Crippen LogP contribution in [0.1, 0.15) is 5.69 Å². The van der Waals surface area contributed by atoms with Crippen LogP contribution in [-0.2, 0) is 0 Å². The van der Waals surface area contributed by atoms with Crippen LogP contribution < -0.4 is 11.2 Å². The Hall–Kier alpha value is -0.760. The molecular weight excluding hydrogens is 299 g/mol. The smallest absolute Gasteiger partial charge is 0.184 e. The number of aromatic nitrogens is 1. The van der Waals surface area contributed by atoms with Gasteiger partial charge >= 0.3 is 0 Å². The molecule has 0 aliphatic heterocycles. The summed E-state index contributed by atoms with van der Waals surface area (Å²) in [4.78, 5) is 4.09. The van der Waals surface area contributed by atoms with Gasteiger partial charge in [-0.2, -0.15) is 5.10 Å². The van der Waals surface area contributed by atoms with Crippen molar-refractivity contribution >= 4 is 46.1 Å². The van der Waals surface area contributed by atoms with E-state index in [1.54, 1.807) is 12.4 Å². The van der Waals surface area contributed by atoms with Crippen molar-refractivity contribution in [3.63, 3.8) is 0 Å². The Bertz CT molecular complexity index is 322. The zero-order valence-corrected chi connectivity index (χ0v) is 9.54. The Labute approximate surface area is 94.8 Å². The summed E-state index contributed by atoms with van der Waals surface area (Å²) in [6.07, 6.45) is 3.30. The van der Waals surface area contributed by atoms with Gasteiger partial charge < -0.3 is 5.73 Å². The molecule has 1 rings (SSSR count). The van der Waals surface area contributed by atoms with Crippen LogP contribution in [0.3, 0.4) is 0 Å². The summed E-state index contributed by atoms with van der Waals surface area (Å²) < 4.78 is 1.08. The van der Waals surface area contributed by atoms with Crippen LogP contribution in [0, 0.1) is 3.57 Å². The molecule has 0 saturated carbocycles. The van der Waals surface area contributed by atoms with Crippen LogP contribution in [0.15, 0.2) is 23.4 Å². The number of nitrogens with one attached hydrogen (secondary N) is 1. The molecule has 0 radical (unpaired) electrons. The minimum atomic E-state index is 0.141. The van der Waals surface area contributed by atoms with Crippen molar-refractivity contribution in [3.8, 4) is 0 Å². The highest BCUT2D eigenvalue weighted by Crippen LogP contribution is 2.01. The van der Waals surface area contributed by atoms with Crippen molar-refractivity contribution in [1.29, 1.82) is 0 Å². The van der Waals surface area contributed by atoms with Gasteiger partial charge in [-0.05, 0) is 46.9 Å². The standard InChI is InChI=1S/C7H7IN4S/c8-5-1-2-6(10-3-5)4-11-12-7(9)13/h1-4H,(H3,9,12,13)/b11-4-. The van der Waals surface area contributed by atoms with Gasteiger partial charge in [0, 0.05) is 9.77 Å². The van der Waals surface area contributed by atoms with E-state index in [9.17, 15) is 0 Å². The van der Waals surface area contributed by atoms with Crippen molar-refractivity contribution in [2.45, 2.75) is 0 Å². The third-order valence-electron chi connectivity index (χ3n) is 1.12. The van der Waals surface area contributed by atoms with Crippen LogP contribution in [0.25, 0.3) is 0 Å². The van der Waals surface area contributed by atoms with Crippen molar-refractivity contribution in [3.05, 3.63) is 27.6 Å². The number of thiocarbonyl (C=S) groups is 1.